The van der Waals surface area contributed by atoms with Crippen molar-refractivity contribution < 1.29 is 9.59 Å². The quantitative estimate of drug-likeness (QED) is 0.745. The lowest BCUT2D eigenvalue weighted by Gasteiger charge is -2.11. The predicted octanol–water partition coefficient (Wildman–Crippen LogP) is 3.17. The SMILES string of the molecule is CC(C)C(=O)Nc1ccc(NC(=O)CCC2CCCN2)cc1.Cl. The zero-order chi connectivity index (χ0) is 15.9. The molecule has 1 atom stereocenters. The van der Waals surface area contributed by atoms with Gasteiger partial charge in [-0.05, 0) is 50.1 Å². The van der Waals surface area contributed by atoms with E-state index in [4.69, 9.17) is 0 Å². The van der Waals surface area contributed by atoms with Crippen molar-refractivity contribution in [3.63, 3.8) is 0 Å². The first-order valence-electron chi connectivity index (χ1n) is 7.99. The third-order valence-corrected chi connectivity index (χ3v) is 3.84. The molecule has 3 N–H and O–H groups in total. The summed E-state index contributed by atoms with van der Waals surface area (Å²) < 4.78 is 0. The zero-order valence-electron chi connectivity index (χ0n) is 13.7. The number of benzene rings is 1. The Bertz CT molecular complexity index is 511. The molecule has 5 nitrogen and oxygen atoms in total. The van der Waals surface area contributed by atoms with Gasteiger partial charge in [-0.2, -0.15) is 0 Å². The Labute approximate surface area is 144 Å². The van der Waals surface area contributed by atoms with Gasteiger partial charge >= 0.3 is 0 Å². The number of hydrogen-bond donors (Lipinski definition) is 3. The van der Waals surface area contributed by atoms with E-state index in [2.05, 4.69) is 16.0 Å². The van der Waals surface area contributed by atoms with E-state index in [1.807, 2.05) is 26.0 Å². The fourth-order valence-corrected chi connectivity index (χ4v) is 2.46. The number of carbonyl (C=O) groups is 2. The number of carbonyl (C=O) groups excluding carboxylic acids is 2. The maximum Gasteiger partial charge on any atom is 0.226 e. The smallest absolute Gasteiger partial charge is 0.226 e. The molecule has 0 radical (unpaired) electrons. The first-order chi connectivity index (χ1) is 10.5. The molecule has 1 aliphatic heterocycles. The Balaban J connectivity index is 0.00000264. The van der Waals surface area contributed by atoms with E-state index in [0.717, 1.165) is 30.8 Å². The predicted molar refractivity (Wildman–Crippen MR) is 96.0 cm³/mol. The van der Waals surface area contributed by atoms with Crippen molar-refractivity contribution in [1.29, 1.82) is 0 Å². The van der Waals surface area contributed by atoms with Gasteiger partial charge in [-0.1, -0.05) is 13.8 Å². The first-order valence-corrected chi connectivity index (χ1v) is 7.99. The summed E-state index contributed by atoms with van der Waals surface area (Å²) in [5.41, 5.74) is 1.50. The van der Waals surface area contributed by atoms with Crippen LogP contribution in [-0.4, -0.2) is 24.4 Å². The molecular weight excluding hydrogens is 314 g/mol. The number of nitrogens with one attached hydrogen (secondary N) is 3. The second-order valence-electron chi connectivity index (χ2n) is 6.10. The van der Waals surface area contributed by atoms with Gasteiger partial charge < -0.3 is 16.0 Å². The largest absolute Gasteiger partial charge is 0.326 e. The summed E-state index contributed by atoms with van der Waals surface area (Å²) in [6.07, 6.45) is 3.78. The van der Waals surface area contributed by atoms with Crippen LogP contribution in [-0.2, 0) is 9.59 Å². The third-order valence-electron chi connectivity index (χ3n) is 3.84. The summed E-state index contributed by atoms with van der Waals surface area (Å²) in [5.74, 6) is -0.0305. The second-order valence-corrected chi connectivity index (χ2v) is 6.10. The van der Waals surface area contributed by atoms with Crippen molar-refractivity contribution in [1.82, 2.24) is 5.32 Å². The van der Waals surface area contributed by atoms with Gasteiger partial charge in [-0.15, -0.1) is 12.4 Å². The molecule has 1 aromatic carbocycles. The summed E-state index contributed by atoms with van der Waals surface area (Å²) in [4.78, 5) is 23.5. The molecule has 0 saturated carbocycles. The molecule has 1 fully saturated rings. The normalized spacial score (nSPS) is 16.7. The Kier molecular flexibility index (Phi) is 8.06. The highest BCUT2D eigenvalue weighted by molar-refractivity contribution is 5.93. The number of anilines is 2. The monoisotopic (exact) mass is 339 g/mol. The molecule has 0 spiro atoms. The average molecular weight is 340 g/mol. The summed E-state index contributed by atoms with van der Waals surface area (Å²) in [6.45, 7) is 4.77. The number of hydrogen-bond acceptors (Lipinski definition) is 3. The van der Waals surface area contributed by atoms with Crippen LogP contribution in [0.25, 0.3) is 0 Å². The maximum absolute atomic E-state index is 11.9. The van der Waals surface area contributed by atoms with E-state index in [0.29, 0.717) is 12.5 Å². The van der Waals surface area contributed by atoms with E-state index in [1.165, 1.54) is 6.42 Å². The van der Waals surface area contributed by atoms with Gasteiger partial charge in [0, 0.05) is 29.8 Å². The van der Waals surface area contributed by atoms with Crippen LogP contribution in [0, 0.1) is 5.92 Å². The van der Waals surface area contributed by atoms with Crippen LogP contribution in [0.3, 0.4) is 0 Å². The Morgan fingerprint density at radius 3 is 2.30 bits per heavy atom. The minimum absolute atomic E-state index is 0. The molecular formula is C17H26ClN3O2. The minimum atomic E-state index is -0.0522. The van der Waals surface area contributed by atoms with Crippen LogP contribution in [0.4, 0.5) is 11.4 Å². The summed E-state index contributed by atoms with van der Waals surface area (Å²) in [7, 11) is 0. The fraction of sp³-hybridized carbons (Fsp3) is 0.529. The molecule has 23 heavy (non-hydrogen) atoms. The lowest BCUT2D eigenvalue weighted by atomic mass is 10.1. The van der Waals surface area contributed by atoms with Crippen molar-refractivity contribution in [2.75, 3.05) is 17.2 Å². The molecule has 1 aliphatic rings. The lowest BCUT2D eigenvalue weighted by molar-refractivity contribution is -0.119. The Morgan fingerprint density at radius 2 is 1.78 bits per heavy atom. The molecule has 0 aliphatic carbocycles. The summed E-state index contributed by atoms with van der Waals surface area (Å²) >= 11 is 0. The van der Waals surface area contributed by atoms with E-state index in [-0.39, 0.29) is 30.1 Å². The van der Waals surface area contributed by atoms with Crippen molar-refractivity contribution in [3.05, 3.63) is 24.3 Å². The van der Waals surface area contributed by atoms with Gasteiger partial charge in [0.25, 0.3) is 0 Å². The minimum Gasteiger partial charge on any atom is -0.326 e. The standard InChI is InChI=1S/C17H25N3O2.ClH/c1-12(2)17(22)20-15-7-5-14(6-8-15)19-16(21)10-9-13-4-3-11-18-13;/h5-8,12-13,18H,3-4,9-11H2,1-2H3,(H,19,21)(H,20,22);1H. The number of halogens is 1. The van der Waals surface area contributed by atoms with Crippen molar-refractivity contribution in [2.24, 2.45) is 5.92 Å². The Morgan fingerprint density at radius 1 is 1.17 bits per heavy atom. The molecule has 128 valence electrons. The highest BCUT2D eigenvalue weighted by Gasteiger charge is 2.15. The molecule has 1 heterocycles. The lowest BCUT2D eigenvalue weighted by Crippen LogP contribution is -2.23. The third kappa shape index (κ3) is 6.59. The van der Waals surface area contributed by atoms with Gasteiger partial charge in [0.15, 0.2) is 0 Å². The topological polar surface area (TPSA) is 70.2 Å². The number of rotatable bonds is 6. The highest BCUT2D eigenvalue weighted by Crippen LogP contribution is 2.16. The van der Waals surface area contributed by atoms with Gasteiger partial charge in [-0.3, -0.25) is 9.59 Å². The molecule has 6 heteroatoms. The van der Waals surface area contributed by atoms with Crippen LogP contribution >= 0.6 is 12.4 Å². The van der Waals surface area contributed by atoms with Gasteiger partial charge in [0.1, 0.15) is 0 Å². The second kappa shape index (κ2) is 9.53. The molecule has 0 bridgehead atoms. The van der Waals surface area contributed by atoms with E-state index >= 15 is 0 Å². The van der Waals surface area contributed by atoms with Crippen LogP contribution in [0.1, 0.15) is 39.5 Å². The zero-order valence-corrected chi connectivity index (χ0v) is 14.5. The van der Waals surface area contributed by atoms with E-state index < -0.39 is 0 Å². The maximum atomic E-state index is 11.9. The van der Waals surface area contributed by atoms with Crippen LogP contribution < -0.4 is 16.0 Å². The van der Waals surface area contributed by atoms with Gasteiger partial charge in [0.2, 0.25) is 11.8 Å². The number of amides is 2. The van der Waals surface area contributed by atoms with E-state index in [9.17, 15) is 9.59 Å². The van der Waals surface area contributed by atoms with Crippen LogP contribution in [0.2, 0.25) is 0 Å². The molecule has 1 aromatic rings. The Hall–Kier alpha value is -1.59. The van der Waals surface area contributed by atoms with E-state index in [1.54, 1.807) is 12.1 Å². The summed E-state index contributed by atoms with van der Waals surface area (Å²) in [6, 6.07) is 7.70. The summed E-state index contributed by atoms with van der Waals surface area (Å²) in [5, 5.41) is 9.10. The first kappa shape index (κ1) is 19.5. The van der Waals surface area contributed by atoms with Crippen LogP contribution in [0.15, 0.2) is 24.3 Å². The van der Waals surface area contributed by atoms with Crippen molar-refractivity contribution in [2.45, 2.75) is 45.6 Å². The fourth-order valence-electron chi connectivity index (χ4n) is 2.46. The molecule has 2 rings (SSSR count). The van der Waals surface area contributed by atoms with Crippen LogP contribution in [0.5, 0.6) is 0 Å². The molecule has 1 saturated heterocycles. The molecule has 0 aromatic heterocycles. The molecule has 2 amide bonds. The van der Waals surface area contributed by atoms with Gasteiger partial charge in [0.05, 0.1) is 0 Å². The van der Waals surface area contributed by atoms with Crippen molar-refractivity contribution >= 4 is 35.6 Å². The highest BCUT2D eigenvalue weighted by atomic mass is 35.5. The van der Waals surface area contributed by atoms with Crippen molar-refractivity contribution in [3.8, 4) is 0 Å². The average Bonchev–Trinajstić information content (AvgIpc) is 3.00. The molecule has 1 unspecified atom stereocenters. The van der Waals surface area contributed by atoms with Gasteiger partial charge in [-0.25, -0.2) is 0 Å².